The summed E-state index contributed by atoms with van der Waals surface area (Å²) in [6, 6.07) is 4.13. The van der Waals surface area contributed by atoms with Gasteiger partial charge in [0.05, 0.1) is 26.4 Å². The molecule has 1 amide bonds. The molecule has 1 heterocycles. The Balaban J connectivity index is 1.67. The van der Waals surface area contributed by atoms with E-state index in [1.807, 2.05) is 0 Å². The van der Waals surface area contributed by atoms with Gasteiger partial charge in [-0.2, -0.15) is 0 Å². The van der Waals surface area contributed by atoms with Crippen LogP contribution in [0, 0.1) is 6.92 Å². The highest BCUT2D eigenvalue weighted by molar-refractivity contribution is 7.13. The maximum Gasteiger partial charge on any atom is 0.230 e. The highest BCUT2D eigenvalue weighted by Gasteiger charge is 2.08. The van der Waals surface area contributed by atoms with Crippen LogP contribution >= 0.6 is 11.3 Å². The van der Waals surface area contributed by atoms with E-state index in [-0.39, 0.29) is 46.3 Å². The van der Waals surface area contributed by atoms with Crippen molar-refractivity contribution in [2.24, 2.45) is 0 Å². The molecule has 2 aromatic carbocycles. The molecular weight excluding hydrogens is 382 g/mol. The molecule has 0 unspecified atom stereocenters. The van der Waals surface area contributed by atoms with Gasteiger partial charge < -0.3 is 16.2 Å². The third-order valence-electron chi connectivity index (χ3n) is 3.82. The average Bonchev–Trinajstić information content (AvgIpc) is 3.20. The van der Waals surface area contributed by atoms with Gasteiger partial charge in [0.15, 0.2) is 5.13 Å². The number of amides is 1. The van der Waals surface area contributed by atoms with E-state index >= 15 is 0 Å². The molecule has 3 rings (SSSR count). The highest BCUT2D eigenvalue weighted by atomic mass is 32.1. The van der Waals surface area contributed by atoms with Crippen LogP contribution < -0.4 is 11.1 Å². The predicted octanol–water partition coefficient (Wildman–Crippen LogP) is 4.66. The number of benzene rings is 2. The van der Waals surface area contributed by atoms with Crippen molar-refractivity contribution < 1.29 is 23.6 Å². The van der Waals surface area contributed by atoms with Crippen molar-refractivity contribution in [2.75, 3.05) is 11.1 Å². The van der Waals surface area contributed by atoms with Crippen LogP contribution in [0.5, 0.6) is 0 Å². The minimum Gasteiger partial charge on any atom is -0.388 e. The molecular formula is C23H27N3O2S. The second kappa shape index (κ2) is 10.2. The molecule has 0 aliphatic carbocycles. The Morgan fingerprint density at radius 2 is 2.21 bits per heavy atom. The molecule has 1 aromatic heterocycles. The number of anilines is 2. The molecule has 0 fully saturated rings. The summed E-state index contributed by atoms with van der Waals surface area (Å²) in [5, 5.41) is 12.8. The molecule has 1 atom stereocenters. The number of carbonyl (C=O) groups excluding carboxylic acids is 1. The second-order valence-electron chi connectivity index (χ2n) is 6.15. The van der Waals surface area contributed by atoms with Crippen LogP contribution in [0.2, 0.25) is 0 Å². The molecule has 6 heteroatoms. The van der Waals surface area contributed by atoms with E-state index in [9.17, 15) is 9.90 Å². The standard InChI is InChI=1S/C23H27N3O2S/c1-16-5-4-7-18(13-16)21(27)8-3-2-6-17-9-11-19(12-10-17)25-22(28)14-20-15-29-23(24)26-20/h4-5,7,9-13,15,21,27H,2-3,6,8,14H2,1H3,(H2,24,26)(H,25,28)/t21-/m0/s1/i2D2,4D,5D,7D,13D,14D2,15D,21D. The summed E-state index contributed by atoms with van der Waals surface area (Å²) in [5.41, 5.74) is 5.48. The maximum atomic E-state index is 12.5. The Morgan fingerprint density at radius 1 is 1.41 bits per heavy atom. The van der Waals surface area contributed by atoms with Crippen molar-refractivity contribution >= 4 is 28.1 Å². The van der Waals surface area contributed by atoms with Gasteiger partial charge in [0.2, 0.25) is 5.91 Å². The normalized spacial score (nSPS) is 19.0. The summed E-state index contributed by atoms with van der Waals surface area (Å²) in [6.45, 7) is 1.39. The fourth-order valence-electron chi connectivity index (χ4n) is 2.43. The lowest BCUT2D eigenvalue weighted by Crippen LogP contribution is -2.14. The second-order valence-corrected chi connectivity index (χ2v) is 6.98. The van der Waals surface area contributed by atoms with Gasteiger partial charge in [0, 0.05) is 16.5 Å². The number of hydrogen-bond donors (Lipinski definition) is 3. The van der Waals surface area contributed by atoms with E-state index in [4.69, 9.17) is 19.4 Å². The van der Waals surface area contributed by atoms with Crippen molar-refractivity contribution in [3.05, 3.63) is 76.2 Å². The zero-order chi connectivity index (χ0) is 29.5. The topological polar surface area (TPSA) is 88.2 Å². The van der Waals surface area contributed by atoms with Crippen LogP contribution in [0.1, 0.15) is 61.4 Å². The number of thiazole rings is 1. The summed E-state index contributed by atoms with van der Waals surface area (Å²) in [5.74, 6) is -1.05. The van der Waals surface area contributed by atoms with E-state index in [1.165, 1.54) is 31.2 Å². The quantitative estimate of drug-likeness (QED) is 0.471. The highest BCUT2D eigenvalue weighted by Crippen LogP contribution is 2.21. The minimum absolute atomic E-state index is 0.0311. The van der Waals surface area contributed by atoms with Crippen molar-refractivity contribution in [1.29, 1.82) is 0 Å². The minimum atomic E-state index is -2.60. The molecule has 0 aliphatic heterocycles. The zero-order valence-corrected chi connectivity index (χ0v) is 16.5. The number of nitrogen functional groups attached to an aromatic ring is 1. The number of carbonyl (C=O) groups is 1. The van der Waals surface area contributed by atoms with Gasteiger partial charge in [-0.15, -0.1) is 11.3 Å². The molecule has 3 aromatic rings. The Hall–Kier alpha value is -2.70. The molecule has 5 nitrogen and oxygen atoms in total. The maximum absolute atomic E-state index is 12.5. The van der Waals surface area contributed by atoms with Crippen LogP contribution in [0.15, 0.2) is 53.8 Å². The number of aryl methyl sites for hydroxylation is 1. The number of aromatic nitrogens is 1. The predicted molar refractivity (Wildman–Crippen MR) is 119 cm³/mol. The van der Waals surface area contributed by atoms with E-state index in [0.29, 0.717) is 5.56 Å². The summed E-state index contributed by atoms with van der Waals surface area (Å²) in [6.07, 6.45) is -7.93. The third-order valence-corrected chi connectivity index (χ3v) is 4.42. The fraction of sp³-hybridized carbons (Fsp3) is 0.304. The van der Waals surface area contributed by atoms with Crippen LogP contribution in [0.3, 0.4) is 0 Å². The van der Waals surface area contributed by atoms with Gasteiger partial charge in [-0.1, -0.05) is 48.3 Å². The van der Waals surface area contributed by atoms with Crippen molar-refractivity contribution in [2.45, 2.75) is 45.0 Å². The van der Waals surface area contributed by atoms with Gasteiger partial charge in [-0.3, -0.25) is 4.79 Å². The Labute approximate surface area is 189 Å². The molecule has 0 radical (unpaired) electrons. The first-order valence-electron chi connectivity index (χ1n) is 13.8. The number of hydrogen-bond acceptors (Lipinski definition) is 5. The molecule has 0 aliphatic rings. The number of aliphatic hydroxyl groups is 1. The lowest BCUT2D eigenvalue weighted by atomic mass is 10.00. The van der Waals surface area contributed by atoms with E-state index in [0.717, 1.165) is 11.3 Å². The van der Waals surface area contributed by atoms with E-state index in [1.54, 1.807) is 0 Å². The first-order chi connectivity index (χ1) is 17.9. The first-order valence-corrected chi connectivity index (χ1v) is 9.62. The molecule has 0 saturated carbocycles. The summed E-state index contributed by atoms with van der Waals surface area (Å²) in [4.78, 5) is 16.3. The number of nitrogens with one attached hydrogen (secondary N) is 1. The summed E-state index contributed by atoms with van der Waals surface area (Å²) in [7, 11) is 0. The number of nitrogens with two attached hydrogens (primary N) is 1. The van der Waals surface area contributed by atoms with Crippen LogP contribution in [-0.2, 0) is 17.6 Å². The average molecular weight is 420 g/mol. The fourth-order valence-corrected chi connectivity index (χ4v) is 2.87. The largest absolute Gasteiger partial charge is 0.388 e. The van der Waals surface area contributed by atoms with Gasteiger partial charge in [-0.05, 0) is 49.4 Å². The van der Waals surface area contributed by atoms with Gasteiger partial charge in [0.1, 0.15) is 0 Å². The third kappa shape index (κ3) is 6.69. The molecule has 0 bridgehead atoms. The molecule has 29 heavy (non-hydrogen) atoms. The van der Waals surface area contributed by atoms with Crippen molar-refractivity contribution in [1.82, 2.24) is 4.98 Å². The Kier molecular flexibility index (Phi) is 4.03. The van der Waals surface area contributed by atoms with Crippen molar-refractivity contribution in [3.8, 4) is 0 Å². The van der Waals surface area contributed by atoms with Gasteiger partial charge in [0.25, 0.3) is 0 Å². The Bertz CT molecular complexity index is 1360. The van der Waals surface area contributed by atoms with Crippen molar-refractivity contribution in [3.63, 3.8) is 0 Å². The summed E-state index contributed by atoms with van der Waals surface area (Å²) < 4.78 is 80.7. The van der Waals surface area contributed by atoms with Crippen LogP contribution in [-0.4, -0.2) is 16.0 Å². The molecule has 4 N–H and O–H groups in total. The molecule has 152 valence electrons. The van der Waals surface area contributed by atoms with Gasteiger partial charge >= 0.3 is 0 Å². The van der Waals surface area contributed by atoms with Gasteiger partial charge in [-0.25, -0.2) is 4.98 Å². The smallest absolute Gasteiger partial charge is 0.230 e. The Morgan fingerprint density at radius 3 is 2.93 bits per heavy atom. The lowest BCUT2D eigenvalue weighted by molar-refractivity contribution is -0.115. The van der Waals surface area contributed by atoms with Crippen LogP contribution in [0.4, 0.5) is 10.8 Å². The van der Waals surface area contributed by atoms with E-state index < -0.39 is 54.8 Å². The molecule has 0 spiro atoms. The number of rotatable bonds is 9. The van der Waals surface area contributed by atoms with E-state index in [2.05, 4.69) is 10.3 Å². The SMILES string of the molecule is [2H]c1sc(N)nc1C([2H])([2H])C(=O)Nc1ccc(CC([2H])([2H])CC[C@]([2H])(O)c2c([2H])c([2H])c([2H])c(C)c2[2H])cc1. The first kappa shape index (κ1) is 11.5. The molecule has 0 saturated heterocycles. The lowest BCUT2D eigenvalue weighted by Gasteiger charge is -2.11. The monoisotopic (exact) mass is 419 g/mol. The van der Waals surface area contributed by atoms with Crippen LogP contribution in [0.25, 0.3) is 0 Å². The zero-order valence-electron chi connectivity index (χ0n) is 25.7. The number of nitrogens with zero attached hydrogens (tertiary/aromatic N) is 1. The summed E-state index contributed by atoms with van der Waals surface area (Å²) >= 11 is 0.750.